The van der Waals surface area contributed by atoms with Gasteiger partial charge in [-0.3, -0.25) is 0 Å². The molecule has 0 spiro atoms. The van der Waals surface area contributed by atoms with Crippen molar-refractivity contribution in [2.75, 3.05) is 13.2 Å². The van der Waals surface area contributed by atoms with E-state index in [1.165, 1.54) is 12.8 Å². The molecule has 0 aliphatic heterocycles. The summed E-state index contributed by atoms with van der Waals surface area (Å²) in [5, 5.41) is 8.69. The molecule has 0 aliphatic carbocycles. The zero-order valence-electron chi connectivity index (χ0n) is 9.41. The Hall–Kier alpha value is -0.120. The topological polar surface area (TPSA) is 72.3 Å². The average Bonchev–Trinajstić information content (AvgIpc) is 2.20. The van der Waals surface area contributed by atoms with Gasteiger partial charge in [0.1, 0.15) is 0 Å². The summed E-state index contributed by atoms with van der Waals surface area (Å²) in [6, 6.07) is 0.291. The molecule has 0 radical (unpaired) electrons. The van der Waals surface area contributed by atoms with Crippen LogP contribution in [0.15, 0.2) is 0 Å². The van der Waals surface area contributed by atoms with Crippen LogP contribution in [-0.2, 0) is 0 Å². The molecule has 2 atom stereocenters. The molecule has 0 aromatic carbocycles. The van der Waals surface area contributed by atoms with Crippen molar-refractivity contribution >= 4 is 0 Å². The summed E-state index contributed by atoms with van der Waals surface area (Å²) in [5.41, 5.74) is 11.4. The molecule has 0 aromatic heterocycles. The van der Waals surface area contributed by atoms with Crippen molar-refractivity contribution in [3.63, 3.8) is 0 Å². The monoisotopic (exact) mass is 202 g/mol. The van der Waals surface area contributed by atoms with E-state index in [2.05, 4.69) is 6.92 Å². The summed E-state index contributed by atoms with van der Waals surface area (Å²) in [7, 11) is 0. The third-order valence-corrected chi connectivity index (χ3v) is 2.79. The fourth-order valence-corrected chi connectivity index (χ4v) is 1.61. The highest BCUT2D eigenvalue weighted by atomic mass is 16.2. The van der Waals surface area contributed by atoms with Crippen molar-refractivity contribution in [3.05, 3.63) is 0 Å². The van der Waals surface area contributed by atoms with Crippen LogP contribution in [-0.4, -0.2) is 24.3 Å². The van der Waals surface area contributed by atoms with E-state index in [-0.39, 0.29) is 6.61 Å². The number of nitrogens with two attached hydrogens (primary N) is 2. The summed E-state index contributed by atoms with van der Waals surface area (Å²) in [5.74, 6) is 0.528. The fraction of sp³-hybridized carbons (Fsp3) is 1.00. The molecule has 0 saturated carbocycles. The zero-order valence-corrected chi connectivity index (χ0v) is 9.41. The van der Waals surface area contributed by atoms with Crippen LogP contribution >= 0.6 is 0 Å². The lowest BCUT2D eigenvalue weighted by Crippen LogP contribution is -2.28. The maximum absolute atomic E-state index is 8.69. The maximum Gasteiger partial charge on any atom is 0.0431 e. The van der Waals surface area contributed by atoms with Crippen molar-refractivity contribution in [1.82, 2.24) is 0 Å². The smallest absolute Gasteiger partial charge is 0.0431 e. The van der Waals surface area contributed by atoms with Crippen LogP contribution in [0.1, 0.15) is 45.4 Å². The van der Waals surface area contributed by atoms with Crippen molar-refractivity contribution in [3.8, 4) is 0 Å². The van der Waals surface area contributed by atoms with Gasteiger partial charge in [-0.15, -0.1) is 0 Å². The minimum atomic E-state index is 0.282. The molecular formula is C11H26N2O. The largest absolute Gasteiger partial charge is 0.396 e. The van der Waals surface area contributed by atoms with Gasteiger partial charge in [0.25, 0.3) is 0 Å². The van der Waals surface area contributed by atoms with Crippen LogP contribution in [0.4, 0.5) is 0 Å². The highest BCUT2D eigenvalue weighted by Gasteiger charge is 2.11. The van der Waals surface area contributed by atoms with Gasteiger partial charge in [-0.05, 0) is 38.1 Å². The van der Waals surface area contributed by atoms with Gasteiger partial charge in [0.15, 0.2) is 0 Å². The lowest BCUT2D eigenvalue weighted by atomic mass is 9.93. The summed E-state index contributed by atoms with van der Waals surface area (Å²) in [6.45, 7) is 3.24. The number of rotatable bonds is 9. The third-order valence-electron chi connectivity index (χ3n) is 2.79. The van der Waals surface area contributed by atoms with Crippen LogP contribution < -0.4 is 11.5 Å². The Morgan fingerprint density at radius 1 is 1.07 bits per heavy atom. The molecule has 86 valence electrons. The minimum Gasteiger partial charge on any atom is -0.396 e. The second-order valence-electron chi connectivity index (χ2n) is 4.14. The highest BCUT2D eigenvalue weighted by molar-refractivity contribution is 4.69. The van der Waals surface area contributed by atoms with Crippen molar-refractivity contribution in [2.24, 2.45) is 17.4 Å². The number of hydrogen-bond donors (Lipinski definition) is 3. The number of aliphatic hydroxyl groups is 1. The van der Waals surface area contributed by atoms with E-state index in [9.17, 15) is 0 Å². The van der Waals surface area contributed by atoms with E-state index >= 15 is 0 Å². The molecule has 0 aromatic rings. The summed E-state index contributed by atoms with van der Waals surface area (Å²) < 4.78 is 0. The van der Waals surface area contributed by atoms with Crippen LogP contribution in [0, 0.1) is 5.92 Å². The molecule has 3 heteroatoms. The molecule has 3 nitrogen and oxygen atoms in total. The summed E-state index contributed by atoms with van der Waals surface area (Å²) >= 11 is 0. The Morgan fingerprint density at radius 3 is 2.36 bits per heavy atom. The van der Waals surface area contributed by atoms with E-state index in [4.69, 9.17) is 16.6 Å². The third kappa shape index (κ3) is 7.30. The van der Waals surface area contributed by atoms with Crippen LogP contribution in [0.5, 0.6) is 0 Å². The molecule has 0 fully saturated rings. The molecular weight excluding hydrogens is 176 g/mol. The van der Waals surface area contributed by atoms with Crippen molar-refractivity contribution in [2.45, 2.75) is 51.5 Å². The predicted octanol–water partition coefficient (Wildman–Crippen LogP) is 1.24. The Kier molecular flexibility index (Phi) is 9.35. The lowest BCUT2D eigenvalue weighted by Gasteiger charge is -2.19. The van der Waals surface area contributed by atoms with Crippen LogP contribution in [0.25, 0.3) is 0 Å². The number of aliphatic hydroxyl groups excluding tert-OH is 1. The molecule has 5 N–H and O–H groups in total. The molecule has 0 saturated heterocycles. The molecule has 0 heterocycles. The molecule has 14 heavy (non-hydrogen) atoms. The molecule has 0 aliphatic rings. The quantitative estimate of drug-likeness (QED) is 0.493. The standard InChI is InChI=1S/C11H26N2O/c1-10(6-5-9-14)11(13)7-3-2-4-8-12/h10-11,14H,2-9,12-13H2,1H3. The Bertz CT molecular complexity index is 120. The van der Waals surface area contributed by atoms with Gasteiger partial charge >= 0.3 is 0 Å². The lowest BCUT2D eigenvalue weighted by molar-refractivity contribution is 0.264. The molecule has 0 bridgehead atoms. The van der Waals surface area contributed by atoms with E-state index in [0.717, 1.165) is 32.2 Å². The van der Waals surface area contributed by atoms with E-state index in [0.29, 0.717) is 12.0 Å². The second-order valence-corrected chi connectivity index (χ2v) is 4.14. The SMILES string of the molecule is CC(CCCO)C(N)CCCCCN. The van der Waals surface area contributed by atoms with Gasteiger partial charge in [0.2, 0.25) is 0 Å². The first-order valence-corrected chi connectivity index (χ1v) is 5.78. The number of unbranched alkanes of at least 4 members (excludes halogenated alkanes) is 2. The van der Waals surface area contributed by atoms with Crippen molar-refractivity contribution in [1.29, 1.82) is 0 Å². The first-order chi connectivity index (χ1) is 6.72. The van der Waals surface area contributed by atoms with Gasteiger partial charge in [0, 0.05) is 12.6 Å². The fourth-order valence-electron chi connectivity index (χ4n) is 1.61. The van der Waals surface area contributed by atoms with Gasteiger partial charge in [-0.25, -0.2) is 0 Å². The molecule has 0 amide bonds. The van der Waals surface area contributed by atoms with E-state index < -0.39 is 0 Å². The zero-order chi connectivity index (χ0) is 10.8. The number of hydrogen-bond acceptors (Lipinski definition) is 3. The van der Waals surface area contributed by atoms with Crippen LogP contribution in [0.2, 0.25) is 0 Å². The summed E-state index contributed by atoms with van der Waals surface area (Å²) in [6.07, 6.45) is 6.48. The normalized spacial score (nSPS) is 15.4. The van der Waals surface area contributed by atoms with Crippen LogP contribution in [0.3, 0.4) is 0 Å². The average molecular weight is 202 g/mol. The Balaban J connectivity index is 3.36. The Morgan fingerprint density at radius 2 is 1.79 bits per heavy atom. The molecule has 2 unspecified atom stereocenters. The van der Waals surface area contributed by atoms with E-state index in [1.807, 2.05) is 0 Å². The molecule has 0 rings (SSSR count). The van der Waals surface area contributed by atoms with Crippen molar-refractivity contribution < 1.29 is 5.11 Å². The summed E-state index contributed by atoms with van der Waals surface area (Å²) in [4.78, 5) is 0. The van der Waals surface area contributed by atoms with E-state index in [1.54, 1.807) is 0 Å². The van der Waals surface area contributed by atoms with Gasteiger partial charge < -0.3 is 16.6 Å². The minimum absolute atomic E-state index is 0.282. The first-order valence-electron chi connectivity index (χ1n) is 5.78. The van der Waals surface area contributed by atoms with Gasteiger partial charge in [-0.2, -0.15) is 0 Å². The van der Waals surface area contributed by atoms with Gasteiger partial charge in [0.05, 0.1) is 0 Å². The highest BCUT2D eigenvalue weighted by Crippen LogP contribution is 2.14. The van der Waals surface area contributed by atoms with Gasteiger partial charge in [-0.1, -0.05) is 19.8 Å². The predicted molar refractivity (Wildman–Crippen MR) is 61.0 cm³/mol. The second kappa shape index (κ2) is 9.44. The maximum atomic E-state index is 8.69. The first kappa shape index (κ1) is 13.9. The Labute approximate surface area is 87.9 Å².